The normalized spacial score (nSPS) is 15.2. The Kier molecular flexibility index (Phi) is 5.81. The van der Waals surface area contributed by atoms with Crippen LogP contribution in [-0.2, 0) is 18.3 Å². The molecule has 0 nitrogen and oxygen atoms in total. The average molecular weight is 546 g/mol. The summed E-state index contributed by atoms with van der Waals surface area (Å²) in [6.07, 6.45) is 7.26. The Hall–Kier alpha value is -2.89. The number of rotatable bonds is 5. The Balaban J connectivity index is 1.83. The molecule has 0 aliphatic heterocycles. The summed E-state index contributed by atoms with van der Waals surface area (Å²) < 4.78 is 9.17. The van der Waals surface area contributed by atoms with Gasteiger partial charge in [-0.15, -0.1) is 0 Å². The van der Waals surface area contributed by atoms with Gasteiger partial charge in [0, 0.05) is 0 Å². The van der Waals surface area contributed by atoms with Crippen LogP contribution in [0.15, 0.2) is 130 Å². The number of hydrogen-bond acceptors (Lipinski definition) is 0. The second kappa shape index (κ2) is 8.90. The third kappa shape index (κ3) is 3.47. The first kappa shape index (κ1) is 23.5. The second-order valence-corrected chi connectivity index (χ2v) is 27.7. The van der Waals surface area contributed by atoms with Gasteiger partial charge in [-0.2, -0.15) is 0 Å². The molecule has 178 valence electrons. The van der Waals surface area contributed by atoms with Gasteiger partial charge in [0.15, 0.2) is 0 Å². The molecule has 0 bridgehead atoms. The van der Waals surface area contributed by atoms with Crippen molar-refractivity contribution in [3.8, 4) is 11.1 Å². The molecule has 0 fully saturated rings. The van der Waals surface area contributed by atoms with E-state index in [4.69, 9.17) is 0 Å². The molecule has 0 radical (unpaired) electrons. The molecule has 0 N–H and O–H groups in total. The summed E-state index contributed by atoms with van der Waals surface area (Å²) in [4.78, 5) is 0. The standard InChI is InChI=1S/C13H9.C13H10.C7H9.2CH3.Zr/c1-3-7-12-10(5-1)9-11-6-2-4-8-13(11)12;1-3-7-12(8-4-1)11-13-9-5-2-6-10-13;1-2-7-5-3-4-6-7;;;/h1-9H;1-10H;5-6H,2-3H2,1H3;2*1H3;. The molecule has 0 saturated carbocycles. The third-order valence-corrected chi connectivity index (χ3v) is 25.6. The van der Waals surface area contributed by atoms with Gasteiger partial charge in [-0.1, -0.05) is 0 Å². The zero-order chi connectivity index (χ0) is 24.8. The van der Waals surface area contributed by atoms with E-state index in [1.165, 1.54) is 39.0 Å². The van der Waals surface area contributed by atoms with Crippen LogP contribution in [0.4, 0.5) is 0 Å². The van der Waals surface area contributed by atoms with Crippen molar-refractivity contribution in [3.05, 3.63) is 152 Å². The van der Waals surface area contributed by atoms with E-state index < -0.39 is 18.3 Å². The van der Waals surface area contributed by atoms with Crippen LogP contribution in [0.2, 0.25) is 9.26 Å². The first-order chi connectivity index (χ1) is 17.5. The van der Waals surface area contributed by atoms with Crippen molar-refractivity contribution in [1.82, 2.24) is 0 Å². The van der Waals surface area contributed by atoms with Crippen LogP contribution in [0.25, 0.3) is 11.1 Å². The first-order valence-corrected chi connectivity index (χ1v) is 22.1. The second-order valence-electron chi connectivity index (χ2n) is 11.2. The molecule has 6 rings (SSSR count). The van der Waals surface area contributed by atoms with E-state index in [9.17, 15) is 0 Å². The van der Waals surface area contributed by atoms with E-state index in [2.05, 4.69) is 138 Å². The topological polar surface area (TPSA) is 0 Å². The maximum absolute atomic E-state index is 4.14. The molecule has 2 aliphatic rings. The van der Waals surface area contributed by atoms with Crippen LogP contribution in [0.3, 0.4) is 0 Å². The predicted molar refractivity (Wildman–Crippen MR) is 153 cm³/mol. The quantitative estimate of drug-likeness (QED) is 0.234. The molecule has 0 atom stereocenters. The van der Waals surface area contributed by atoms with E-state index in [1.54, 1.807) is 6.49 Å². The molecule has 4 aromatic rings. The summed E-state index contributed by atoms with van der Waals surface area (Å²) in [6, 6.07) is 40.9. The fourth-order valence-corrected chi connectivity index (χ4v) is 24.0. The van der Waals surface area contributed by atoms with Crippen molar-refractivity contribution < 1.29 is 18.3 Å². The zero-order valence-corrected chi connectivity index (χ0v) is 24.0. The molecule has 0 heterocycles. The summed E-state index contributed by atoms with van der Waals surface area (Å²) in [5.74, 6) is 0. The minimum absolute atomic E-state index is 0.394. The van der Waals surface area contributed by atoms with Crippen molar-refractivity contribution in [2.45, 2.75) is 32.7 Å². The van der Waals surface area contributed by atoms with Gasteiger partial charge in [-0.25, -0.2) is 0 Å². The van der Waals surface area contributed by atoms with Gasteiger partial charge < -0.3 is 0 Å². The number of allylic oxidation sites excluding steroid dienone is 4. The van der Waals surface area contributed by atoms with Gasteiger partial charge in [-0.05, 0) is 0 Å². The van der Waals surface area contributed by atoms with Gasteiger partial charge in [0.1, 0.15) is 0 Å². The predicted octanol–water partition coefficient (Wildman–Crippen LogP) is 9.44. The molecule has 0 spiro atoms. The summed E-state index contributed by atoms with van der Waals surface area (Å²) >= 11 is -4.14. The summed E-state index contributed by atoms with van der Waals surface area (Å²) in [7, 11) is 0. The first-order valence-electron chi connectivity index (χ1n) is 13.3. The van der Waals surface area contributed by atoms with Crippen LogP contribution in [0, 0.1) is 0 Å². The fourth-order valence-electron chi connectivity index (χ4n) is 7.21. The van der Waals surface area contributed by atoms with Gasteiger partial charge >= 0.3 is 218 Å². The van der Waals surface area contributed by atoms with E-state index >= 15 is 0 Å². The van der Waals surface area contributed by atoms with Crippen molar-refractivity contribution in [2.75, 3.05) is 0 Å². The Labute approximate surface area is 216 Å². The van der Waals surface area contributed by atoms with Crippen LogP contribution >= 0.6 is 0 Å². The maximum atomic E-state index is 2.73. The number of benzene rings is 4. The average Bonchev–Trinajstić information content (AvgIpc) is 3.54. The van der Waals surface area contributed by atoms with Gasteiger partial charge in [0.25, 0.3) is 0 Å². The molecule has 1 heteroatoms. The van der Waals surface area contributed by atoms with Crippen molar-refractivity contribution in [3.63, 3.8) is 0 Å². The number of hydrogen-bond donors (Lipinski definition) is 0. The van der Waals surface area contributed by atoms with E-state index in [-0.39, 0.29) is 0 Å². The van der Waals surface area contributed by atoms with Crippen LogP contribution < -0.4 is 0 Å². The molecule has 2 aliphatic carbocycles. The summed E-state index contributed by atoms with van der Waals surface area (Å²) in [5, 5.41) is 0. The van der Waals surface area contributed by atoms with Gasteiger partial charge in [-0.3, -0.25) is 0 Å². The van der Waals surface area contributed by atoms with Crippen molar-refractivity contribution in [1.29, 1.82) is 0 Å². The molecule has 0 unspecified atom stereocenters. The molecule has 0 saturated heterocycles. The van der Waals surface area contributed by atoms with Crippen molar-refractivity contribution >= 4 is 3.21 Å². The molecular weight excluding hydrogens is 512 g/mol. The van der Waals surface area contributed by atoms with E-state index in [0.29, 0.717) is 3.63 Å². The number of fused-ring (bicyclic) bond motifs is 3. The van der Waals surface area contributed by atoms with E-state index in [0.717, 1.165) is 12.8 Å². The third-order valence-electron chi connectivity index (χ3n) is 8.93. The van der Waals surface area contributed by atoms with Gasteiger partial charge in [0.05, 0.1) is 0 Å². The monoisotopic (exact) mass is 544 g/mol. The van der Waals surface area contributed by atoms with Crippen LogP contribution in [0.1, 0.15) is 45.6 Å². The SMILES string of the molecule is CCC1=CC[C]([Zr]([CH3])([CH3])(=[C](c2ccccc2)c2ccccc2)[CH]2c3ccccc3-c3ccccc32)=C1. The van der Waals surface area contributed by atoms with E-state index in [1.807, 2.05) is 0 Å². The Morgan fingerprint density at radius 3 is 1.61 bits per heavy atom. The Morgan fingerprint density at radius 1 is 0.667 bits per heavy atom. The van der Waals surface area contributed by atoms with Crippen LogP contribution in [0.5, 0.6) is 0 Å². The van der Waals surface area contributed by atoms with Crippen LogP contribution in [-0.4, -0.2) is 3.21 Å². The Bertz CT molecular complexity index is 1490. The summed E-state index contributed by atoms with van der Waals surface area (Å²) in [5.41, 5.74) is 10.1. The molecule has 4 aromatic carbocycles. The Morgan fingerprint density at radius 2 is 1.14 bits per heavy atom. The van der Waals surface area contributed by atoms with Gasteiger partial charge in [0.2, 0.25) is 0 Å². The fraction of sp³-hybridized carbons (Fsp3) is 0.171. The summed E-state index contributed by atoms with van der Waals surface area (Å²) in [6.45, 7) is 2.29. The minimum atomic E-state index is -4.14. The van der Waals surface area contributed by atoms with Crippen molar-refractivity contribution in [2.24, 2.45) is 0 Å². The molecule has 0 aromatic heterocycles. The zero-order valence-electron chi connectivity index (χ0n) is 21.5. The molecular formula is C35H34Zr. The molecule has 36 heavy (non-hydrogen) atoms. The molecule has 0 amide bonds.